The second-order valence-electron chi connectivity index (χ2n) is 8.22. The largest absolute Gasteiger partial charge is 0.493 e. The summed E-state index contributed by atoms with van der Waals surface area (Å²) < 4.78 is 12.6. The number of hydrogen-bond donors (Lipinski definition) is 2. The molecule has 1 aliphatic heterocycles. The van der Waals surface area contributed by atoms with Crippen LogP contribution in [0.4, 0.5) is 5.82 Å². The molecular formula is C25H27ClN6O2. The second-order valence-corrected chi connectivity index (χ2v) is 8.66. The van der Waals surface area contributed by atoms with E-state index in [2.05, 4.69) is 15.3 Å². The number of halogens is 1. The molecule has 3 N–H and O–H groups in total. The fourth-order valence-corrected chi connectivity index (χ4v) is 4.61. The lowest BCUT2D eigenvalue weighted by Crippen LogP contribution is -2.43. The van der Waals surface area contributed by atoms with Gasteiger partial charge in [0.2, 0.25) is 0 Å². The van der Waals surface area contributed by atoms with Gasteiger partial charge in [-0.15, -0.1) is 0 Å². The van der Waals surface area contributed by atoms with Crippen LogP contribution in [0.5, 0.6) is 11.5 Å². The Hall–Kier alpha value is -3.33. The van der Waals surface area contributed by atoms with Gasteiger partial charge in [-0.25, -0.2) is 4.98 Å². The van der Waals surface area contributed by atoms with Gasteiger partial charge >= 0.3 is 0 Å². The molecule has 2 aromatic carbocycles. The first-order chi connectivity index (χ1) is 16.6. The molecule has 34 heavy (non-hydrogen) atoms. The van der Waals surface area contributed by atoms with Gasteiger partial charge in [0.25, 0.3) is 0 Å². The summed E-state index contributed by atoms with van der Waals surface area (Å²) in [5, 5.41) is 8.64. The normalized spacial score (nSPS) is 14.4. The molecule has 0 atom stereocenters. The number of benzene rings is 2. The highest BCUT2D eigenvalue weighted by atomic mass is 35.5. The van der Waals surface area contributed by atoms with Gasteiger partial charge in [0, 0.05) is 48.9 Å². The average Bonchev–Trinajstić information content (AvgIpc) is 3.28. The summed E-state index contributed by atoms with van der Waals surface area (Å²) >= 11 is 6.32. The minimum atomic E-state index is 0.532. The second kappa shape index (κ2) is 9.50. The maximum Gasteiger partial charge on any atom is 0.165 e. The molecular weight excluding hydrogens is 452 g/mol. The summed E-state index contributed by atoms with van der Waals surface area (Å²) in [4.78, 5) is 7.50. The zero-order chi connectivity index (χ0) is 23.7. The molecule has 0 bridgehead atoms. The molecule has 1 aliphatic rings. The van der Waals surface area contributed by atoms with E-state index in [1.165, 1.54) is 0 Å². The number of anilines is 1. The summed E-state index contributed by atoms with van der Waals surface area (Å²) in [6.45, 7) is 4.48. The molecule has 0 amide bonds. The number of nitrogens with one attached hydrogen (secondary N) is 1. The van der Waals surface area contributed by atoms with E-state index in [1.54, 1.807) is 24.9 Å². The van der Waals surface area contributed by atoms with Crippen molar-refractivity contribution in [3.05, 3.63) is 59.4 Å². The summed E-state index contributed by atoms with van der Waals surface area (Å²) in [5.41, 5.74) is 11.9. The van der Waals surface area contributed by atoms with Crippen LogP contribution in [0.2, 0.25) is 5.02 Å². The van der Waals surface area contributed by atoms with Crippen molar-refractivity contribution < 1.29 is 9.47 Å². The fourth-order valence-electron chi connectivity index (χ4n) is 4.42. The minimum absolute atomic E-state index is 0.532. The number of hydrogen-bond acceptors (Lipinski definition) is 7. The fraction of sp³-hybridized carbons (Fsp3) is 0.280. The predicted molar refractivity (Wildman–Crippen MR) is 135 cm³/mol. The SMILES string of the molecule is COc1ccc(-c2cnn3c(N)c(-c4cccc(Cl)c4)c(CN4CCNCC4)nc23)cc1OC. The Kier molecular flexibility index (Phi) is 6.28. The lowest BCUT2D eigenvalue weighted by molar-refractivity contribution is 0.231. The van der Waals surface area contributed by atoms with Crippen LogP contribution in [0.1, 0.15) is 5.69 Å². The van der Waals surface area contributed by atoms with Crippen molar-refractivity contribution in [2.45, 2.75) is 6.54 Å². The van der Waals surface area contributed by atoms with Crippen molar-refractivity contribution in [2.75, 3.05) is 46.1 Å². The van der Waals surface area contributed by atoms with E-state index >= 15 is 0 Å². The number of nitrogens with two attached hydrogens (primary N) is 1. The molecule has 3 heterocycles. The van der Waals surface area contributed by atoms with Crippen LogP contribution in [0, 0.1) is 0 Å². The van der Waals surface area contributed by atoms with Gasteiger partial charge in [0.15, 0.2) is 17.1 Å². The van der Waals surface area contributed by atoms with E-state index in [9.17, 15) is 0 Å². The highest BCUT2D eigenvalue weighted by molar-refractivity contribution is 6.30. The number of piperazine rings is 1. The summed E-state index contributed by atoms with van der Waals surface area (Å²) in [6.07, 6.45) is 1.79. The third-order valence-corrected chi connectivity index (χ3v) is 6.38. The number of methoxy groups -OCH3 is 2. The monoisotopic (exact) mass is 478 g/mol. The molecule has 176 valence electrons. The molecule has 8 nitrogen and oxygen atoms in total. The Morgan fingerprint density at radius 2 is 1.82 bits per heavy atom. The zero-order valence-electron chi connectivity index (χ0n) is 19.2. The van der Waals surface area contributed by atoms with Crippen LogP contribution in [-0.2, 0) is 6.54 Å². The average molecular weight is 479 g/mol. The molecule has 9 heteroatoms. The minimum Gasteiger partial charge on any atom is -0.493 e. The van der Waals surface area contributed by atoms with Gasteiger partial charge in [-0.05, 0) is 35.4 Å². The van der Waals surface area contributed by atoms with Crippen LogP contribution in [0.3, 0.4) is 0 Å². The van der Waals surface area contributed by atoms with Gasteiger partial charge in [-0.3, -0.25) is 4.90 Å². The van der Waals surface area contributed by atoms with Crippen LogP contribution >= 0.6 is 11.6 Å². The number of fused-ring (bicyclic) bond motifs is 1. The Balaban J connectivity index is 1.68. The number of nitrogens with zero attached hydrogens (tertiary/aromatic N) is 4. The number of rotatable bonds is 6. The van der Waals surface area contributed by atoms with Gasteiger partial charge in [-0.1, -0.05) is 29.8 Å². The van der Waals surface area contributed by atoms with E-state index in [0.717, 1.165) is 54.1 Å². The molecule has 1 fully saturated rings. The molecule has 4 aromatic rings. The van der Waals surface area contributed by atoms with Gasteiger partial charge in [-0.2, -0.15) is 9.61 Å². The third kappa shape index (κ3) is 4.16. The van der Waals surface area contributed by atoms with Crippen LogP contribution in [-0.4, -0.2) is 59.9 Å². The quantitative estimate of drug-likeness (QED) is 0.436. The first-order valence-electron chi connectivity index (χ1n) is 11.2. The molecule has 5 rings (SSSR count). The molecule has 1 saturated heterocycles. The van der Waals surface area contributed by atoms with Crippen molar-refractivity contribution in [3.8, 4) is 33.8 Å². The van der Waals surface area contributed by atoms with Crippen molar-refractivity contribution in [3.63, 3.8) is 0 Å². The van der Waals surface area contributed by atoms with Crippen molar-refractivity contribution in [1.82, 2.24) is 24.8 Å². The maximum absolute atomic E-state index is 6.74. The first-order valence-corrected chi connectivity index (χ1v) is 11.5. The number of nitrogen functional groups attached to an aromatic ring is 1. The Labute approximate surface area is 203 Å². The Morgan fingerprint density at radius 3 is 2.56 bits per heavy atom. The number of aromatic nitrogens is 3. The van der Waals surface area contributed by atoms with Gasteiger partial charge in [0.05, 0.1) is 26.1 Å². The Morgan fingerprint density at radius 1 is 1.03 bits per heavy atom. The van der Waals surface area contributed by atoms with Crippen LogP contribution in [0.25, 0.3) is 27.9 Å². The molecule has 0 saturated carbocycles. The van der Waals surface area contributed by atoms with Gasteiger partial charge in [0.1, 0.15) is 5.82 Å². The van der Waals surface area contributed by atoms with Crippen LogP contribution in [0.15, 0.2) is 48.7 Å². The molecule has 0 aliphatic carbocycles. The lowest BCUT2D eigenvalue weighted by Gasteiger charge is -2.28. The Bertz CT molecular complexity index is 1330. The summed E-state index contributed by atoms with van der Waals surface area (Å²) in [6, 6.07) is 13.5. The maximum atomic E-state index is 6.74. The van der Waals surface area contributed by atoms with Crippen molar-refractivity contribution in [2.24, 2.45) is 0 Å². The van der Waals surface area contributed by atoms with Crippen molar-refractivity contribution >= 4 is 23.1 Å². The predicted octanol–water partition coefficient (Wildman–Crippen LogP) is 3.72. The van der Waals surface area contributed by atoms with E-state index in [-0.39, 0.29) is 0 Å². The standard InChI is InChI=1S/C25H27ClN6O2/c1-33-21-7-6-16(13-22(21)34-2)19-14-29-32-24(27)23(17-4-3-5-18(26)12-17)20(30-25(19)32)15-31-10-8-28-9-11-31/h3-7,12-14,28H,8-11,15,27H2,1-2H3. The smallest absolute Gasteiger partial charge is 0.165 e. The van der Waals surface area contributed by atoms with Crippen LogP contribution < -0.4 is 20.5 Å². The molecule has 0 spiro atoms. The topological polar surface area (TPSA) is 89.9 Å². The van der Waals surface area contributed by atoms with E-state index < -0.39 is 0 Å². The molecule has 0 unspecified atom stereocenters. The summed E-state index contributed by atoms with van der Waals surface area (Å²) in [7, 11) is 3.24. The highest BCUT2D eigenvalue weighted by Crippen LogP contribution is 2.37. The van der Waals surface area contributed by atoms with Crippen molar-refractivity contribution in [1.29, 1.82) is 0 Å². The third-order valence-electron chi connectivity index (χ3n) is 6.15. The summed E-state index contributed by atoms with van der Waals surface area (Å²) in [5.74, 6) is 1.84. The van der Waals surface area contributed by atoms with Gasteiger partial charge < -0.3 is 20.5 Å². The van der Waals surface area contributed by atoms with E-state index in [4.69, 9.17) is 31.8 Å². The van der Waals surface area contributed by atoms with E-state index in [0.29, 0.717) is 34.5 Å². The lowest BCUT2D eigenvalue weighted by atomic mass is 10.0. The zero-order valence-corrected chi connectivity index (χ0v) is 20.0. The van der Waals surface area contributed by atoms with E-state index in [1.807, 2.05) is 42.5 Å². The molecule has 2 aromatic heterocycles. The first kappa shape index (κ1) is 22.5. The number of ether oxygens (including phenoxy) is 2. The molecule has 0 radical (unpaired) electrons. The highest BCUT2D eigenvalue weighted by Gasteiger charge is 2.22.